The smallest absolute Gasteiger partial charge is 0.310 e. The SMILES string of the molecule is Nc1cccc(CC(=O)OC2CCCOC2)c1. The van der Waals surface area contributed by atoms with Crippen LogP contribution in [0.4, 0.5) is 5.69 Å². The van der Waals surface area contributed by atoms with E-state index in [-0.39, 0.29) is 18.5 Å². The predicted molar refractivity (Wildman–Crippen MR) is 64.5 cm³/mol. The predicted octanol–water partition coefficient (Wildman–Crippen LogP) is 1.53. The van der Waals surface area contributed by atoms with E-state index >= 15 is 0 Å². The van der Waals surface area contributed by atoms with Gasteiger partial charge in [0.15, 0.2) is 0 Å². The van der Waals surface area contributed by atoms with Crippen molar-refractivity contribution in [3.8, 4) is 0 Å². The van der Waals surface area contributed by atoms with Crippen molar-refractivity contribution in [1.82, 2.24) is 0 Å². The molecule has 0 aliphatic carbocycles. The van der Waals surface area contributed by atoms with Crippen LogP contribution >= 0.6 is 0 Å². The number of esters is 1. The molecule has 2 N–H and O–H groups in total. The first-order valence-electron chi connectivity index (χ1n) is 5.85. The lowest BCUT2D eigenvalue weighted by atomic mass is 10.1. The maximum atomic E-state index is 11.7. The van der Waals surface area contributed by atoms with E-state index in [1.54, 1.807) is 12.1 Å². The fourth-order valence-corrected chi connectivity index (χ4v) is 1.90. The van der Waals surface area contributed by atoms with Gasteiger partial charge in [-0.25, -0.2) is 0 Å². The minimum absolute atomic E-state index is 0.0858. The number of nitrogens with two attached hydrogens (primary N) is 1. The third kappa shape index (κ3) is 3.75. The van der Waals surface area contributed by atoms with E-state index in [1.165, 1.54) is 0 Å². The summed E-state index contributed by atoms with van der Waals surface area (Å²) in [4.78, 5) is 11.7. The molecule has 17 heavy (non-hydrogen) atoms. The Morgan fingerprint density at radius 2 is 2.41 bits per heavy atom. The Balaban J connectivity index is 1.84. The van der Waals surface area contributed by atoms with E-state index in [9.17, 15) is 4.79 Å². The van der Waals surface area contributed by atoms with Crippen LogP contribution in [-0.4, -0.2) is 25.3 Å². The van der Waals surface area contributed by atoms with Crippen molar-refractivity contribution in [1.29, 1.82) is 0 Å². The first-order valence-corrected chi connectivity index (χ1v) is 5.85. The number of carbonyl (C=O) groups is 1. The van der Waals surface area contributed by atoms with Crippen LogP contribution in [0.1, 0.15) is 18.4 Å². The van der Waals surface area contributed by atoms with Crippen molar-refractivity contribution in [2.75, 3.05) is 18.9 Å². The first-order chi connectivity index (χ1) is 8.24. The van der Waals surface area contributed by atoms with Crippen LogP contribution in [0.5, 0.6) is 0 Å². The van der Waals surface area contributed by atoms with E-state index in [1.807, 2.05) is 12.1 Å². The second kappa shape index (κ2) is 5.68. The van der Waals surface area contributed by atoms with Gasteiger partial charge in [0.05, 0.1) is 13.0 Å². The molecule has 1 aliphatic rings. The molecular weight excluding hydrogens is 218 g/mol. The van der Waals surface area contributed by atoms with Crippen molar-refractivity contribution < 1.29 is 14.3 Å². The molecular formula is C13H17NO3. The van der Waals surface area contributed by atoms with Crippen molar-refractivity contribution in [3.63, 3.8) is 0 Å². The molecule has 4 nitrogen and oxygen atoms in total. The number of nitrogen functional groups attached to an aromatic ring is 1. The summed E-state index contributed by atoms with van der Waals surface area (Å²) in [7, 11) is 0. The highest BCUT2D eigenvalue weighted by Gasteiger charge is 2.18. The minimum Gasteiger partial charge on any atom is -0.460 e. The van der Waals surface area contributed by atoms with Gasteiger partial charge in [-0.15, -0.1) is 0 Å². The molecule has 0 spiro atoms. The molecule has 2 rings (SSSR count). The summed E-state index contributed by atoms with van der Waals surface area (Å²) >= 11 is 0. The Hall–Kier alpha value is -1.55. The van der Waals surface area contributed by atoms with Gasteiger partial charge in [0.25, 0.3) is 0 Å². The molecule has 0 bridgehead atoms. The second-order valence-electron chi connectivity index (χ2n) is 4.25. The number of ether oxygens (including phenoxy) is 2. The third-order valence-electron chi connectivity index (χ3n) is 2.72. The maximum Gasteiger partial charge on any atom is 0.310 e. The van der Waals surface area contributed by atoms with Gasteiger partial charge >= 0.3 is 5.97 Å². The van der Waals surface area contributed by atoms with E-state index in [0.29, 0.717) is 12.3 Å². The summed E-state index contributed by atoms with van der Waals surface area (Å²) in [5, 5.41) is 0. The molecule has 4 heteroatoms. The Bertz CT molecular complexity index is 386. The Labute approximate surface area is 101 Å². The molecule has 0 saturated carbocycles. The van der Waals surface area contributed by atoms with Gasteiger partial charge < -0.3 is 15.2 Å². The van der Waals surface area contributed by atoms with Crippen LogP contribution in [-0.2, 0) is 20.7 Å². The lowest BCUT2D eigenvalue weighted by Crippen LogP contribution is -2.28. The molecule has 92 valence electrons. The number of hydrogen-bond donors (Lipinski definition) is 1. The Kier molecular flexibility index (Phi) is 3.98. The number of hydrogen-bond acceptors (Lipinski definition) is 4. The summed E-state index contributed by atoms with van der Waals surface area (Å²) in [6.07, 6.45) is 2.03. The fourth-order valence-electron chi connectivity index (χ4n) is 1.90. The van der Waals surface area contributed by atoms with Crippen LogP contribution in [0.15, 0.2) is 24.3 Å². The van der Waals surface area contributed by atoms with Gasteiger partial charge in [-0.05, 0) is 30.5 Å². The standard InChI is InChI=1S/C13H17NO3/c14-11-4-1-3-10(7-11)8-13(15)17-12-5-2-6-16-9-12/h1,3-4,7,12H,2,5-6,8-9,14H2. The number of carbonyl (C=O) groups excluding carboxylic acids is 1. The van der Waals surface area contributed by atoms with Gasteiger partial charge in [-0.2, -0.15) is 0 Å². The van der Waals surface area contributed by atoms with Crippen LogP contribution in [0, 0.1) is 0 Å². The molecule has 1 heterocycles. The average molecular weight is 235 g/mol. The monoisotopic (exact) mass is 235 g/mol. The van der Waals surface area contributed by atoms with E-state index in [2.05, 4.69) is 0 Å². The largest absolute Gasteiger partial charge is 0.460 e. The zero-order valence-electron chi connectivity index (χ0n) is 9.72. The van der Waals surface area contributed by atoms with Crippen molar-refractivity contribution in [2.45, 2.75) is 25.4 Å². The van der Waals surface area contributed by atoms with Crippen LogP contribution < -0.4 is 5.73 Å². The molecule has 1 saturated heterocycles. The van der Waals surface area contributed by atoms with Crippen LogP contribution in [0.3, 0.4) is 0 Å². The summed E-state index contributed by atoms with van der Waals surface area (Å²) in [5.41, 5.74) is 7.19. The van der Waals surface area contributed by atoms with Crippen molar-refractivity contribution >= 4 is 11.7 Å². The average Bonchev–Trinajstić information content (AvgIpc) is 2.30. The molecule has 1 atom stereocenters. The highest BCUT2D eigenvalue weighted by Crippen LogP contribution is 2.12. The maximum absolute atomic E-state index is 11.7. The quantitative estimate of drug-likeness (QED) is 0.637. The minimum atomic E-state index is -0.217. The van der Waals surface area contributed by atoms with Gasteiger partial charge in [-0.1, -0.05) is 12.1 Å². The zero-order chi connectivity index (χ0) is 12.1. The van der Waals surface area contributed by atoms with Crippen LogP contribution in [0.25, 0.3) is 0 Å². The van der Waals surface area contributed by atoms with E-state index in [0.717, 1.165) is 25.0 Å². The summed E-state index contributed by atoms with van der Waals surface area (Å²) in [6, 6.07) is 7.29. The van der Waals surface area contributed by atoms with Gasteiger partial charge in [0.1, 0.15) is 6.10 Å². The third-order valence-corrected chi connectivity index (χ3v) is 2.72. The Morgan fingerprint density at radius 1 is 1.53 bits per heavy atom. The number of rotatable bonds is 3. The molecule has 0 amide bonds. The highest BCUT2D eigenvalue weighted by atomic mass is 16.6. The molecule has 0 radical (unpaired) electrons. The zero-order valence-corrected chi connectivity index (χ0v) is 9.72. The number of benzene rings is 1. The Morgan fingerprint density at radius 3 is 3.12 bits per heavy atom. The van der Waals surface area contributed by atoms with Crippen molar-refractivity contribution in [2.24, 2.45) is 0 Å². The van der Waals surface area contributed by atoms with E-state index < -0.39 is 0 Å². The lowest BCUT2D eigenvalue weighted by molar-refractivity contribution is -0.154. The van der Waals surface area contributed by atoms with Crippen molar-refractivity contribution in [3.05, 3.63) is 29.8 Å². The normalized spacial score (nSPS) is 19.9. The molecule has 1 aliphatic heterocycles. The lowest BCUT2D eigenvalue weighted by Gasteiger charge is -2.22. The van der Waals surface area contributed by atoms with Gasteiger partial charge in [0.2, 0.25) is 0 Å². The van der Waals surface area contributed by atoms with Crippen LogP contribution in [0.2, 0.25) is 0 Å². The number of anilines is 1. The topological polar surface area (TPSA) is 61.6 Å². The first kappa shape index (κ1) is 11.9. The van der Waals surface area contributed by atoms with E-state index in [4.69, 9.17) is 15.2 Å². The molecule has 1 fully saturated rings. The summed E-state index contributed by atoms with van der Waals surface area (Å²) < 4.78 is 10.6. The molecule has 1 aromatic carbocycles. The molecule has 1 unspecified atom stereocenters. The molecule has 0 aromatic heterocycles. The van der Waals surface area contributed by atoms with Gasteiger partial charge in [0, 0.05) is 12.3 Å². The van der Waals surface area contributed by atoms with Gasteiger partial charge in [-0.3, -0.25) is 4.79 Å². The molecule has 1 aromatic rings. The summed E-state index contributed by atoms with van der Waals surface area (Å²) in [6.45, 7) is 1.28. The fraction of sp³-hybridized carbons (Fsp3) is 0.462. The summed E-state index contributed by atoms with van der Waals surface area (Å²) in [5.74, 6) is -0.217. The second-order valence-corrected chi connectivity index (χ2v) is 4.25. The highest BCUT2D eigenvalue weighted by molar-refractivity contribution is 5.73.